The largest absolute Gasteiger partial charge is 0.0654 e. The van der Waals surface area contributed by atoms with Crippen LogP contribution in [-0.4, -0.2) is 0 Å². The summed E-state index contributed by atoms with van der Waals surface area (Å²) in [5.41, 5.74) is 1.36. The van der Waals surface area contributed by atoms with Crippen LogP contribution >= 0.6 is 0 Å². The highest BCUT2D eigenvalue weighted by atomic mass is 14.5. The van der Waals surface area contributed by atoms with E-state index in [-0.39, 0.29) is 0 Å². The SMILES string of the molecule is CCCC1(CCC)CCC(C)(C)C1. The Hall–Kier alpha value is 0. The van der Waals surface area contributed by atoms with Crippen molar-refractivity contribution in [1.82, 2.24) is 0 Å². The van der Waals surface area contributed by atoms with E-state index in [1.54, 1.807) is 0 Å². The van der Waals surface area contributed by atoms with E-state index in [2.05, 4.69) is 27.7 Å². The van der Waals surface area contributed by atoms with Gasteiger partial charge in [-0.1, -0.05) is 40.5 Å². The molecule has 13 heavy (non-hydrogen) atoms. The van der Waals surface area contributed by atoms with Crippen molar-refractivity contribution in [3.8, 4) is 0 Å². The molecule has 0 heteroatoms. The molecule has 78 valence electrons. The Bertz CT molecular complexity index is 149. The number of hydrogen-bond acceptors (Lipinski definition) is 0. The van der Waals surface area contributed by atoms with Gasteiger partial charge in [0.2, 0.25) is 0 Å². The molecule has 0 N–H and O–H groups in total. The van der Waals surface area contributed by atoms with Crippen LogP contribution < -0.4 is 0 Å². The molecule has 0 unspecified atom stereocenters. The Morgan fingerprint density at radius 1 is 0.923 bits per heavy atom. The third kappa shape index (κ3) is 2.72. The van der Waals surface area contributed by atoms with Crippen molar-refractivity contribution < 1.29 is 0 Å². The molecule has 0 heterocycles. The second kappa shape index (κ2) is 4.02. The Morgan fingerprint density at radius 2 is 1.46 bits per heavy atom. The fraction of sp³-hybridized carbons (Fsp3) is 1.00. The first-order valence-corrected chi connectivity index (χ1v) is 6.04. The van der Waals surface area contributed by atoms with Gasteiger partial charge in [-0.25, -0.2) is 0 Å². The number of hydrogen-bond donors (Lipinski definition) is 0. The van der Waals surface area contributed by atoms with Crippen molar-refractivity contribution in [2.45, 2.75) is 72.6 Å². The van der Waals surface area contributed by atoms with Crippen LogP contribution in [0.1, 0.15) is 72.6 Å². The zero-order valence-electron chi connectivity index (χ0n) is 9.95. The predicted octanol–water partition coefficient (Wildman–Crippen LogP) is 4.78. The van der Waals surface area contributed by atoms with Gasteiger partial charge < -0.3 is 0 Å². The molecule has 0 aromatic carbocycles. The van der Waals surface area contributed by atoms with Gasteiger partial charge in [-0.2, -0.15) is 0 Å². The van der Waals surface area contributed by atoms with Crippen molar-refractivity contribution in [1.29, 1.82) is 0 Å². The molecule has 0 bridgehead atoms. The fourth-order valence-electron chi connectivity index (χ4n) is 3.41. The lowest BCUT2D eigenvalue weighted by atomic mass is 9.75. The first-order valence-electron chi connectivity index (χ1n) is 6.04. The van der Waals surface area contributed by atoms with Crippen molar-refractivity contribution in [3.63, 3.8) is 0 Å². The molecule has 0 radical (unpaired) electrons. The molecule has 1 saturated carbocycles. The molecule has 1 rings (SSSR count). The topological polar surface area (TPSA) is 0 Å². The van der Waals surface area contributed by atoms with Crippen molar-refractivity contribution in [2.75, 3.05) is 0 Å². The minimum Gasteiger partial charge on any atom is -0.0654 e. The Morgan fingerprint density at radius 3 is 1.77 bits per heavy atom. The van der Waals surface area contributed by atoms with Crippen LogP contribution in [0.15, 0.2) is 0 Å². The standard InChI is InChI=1S/C13H26/c1-5-7-13(8-6-2)10-9-12(3,4)11-13/h5-11H2,1-4H3. The third-order valence-corrected chi connectivity index (χ3v) is 3.75. The molecule has 0 aliphatic heterocycles. The van der Waals surface area contributed by atoms with E-state index in [9.17, 15) is 0 Å². The van der Waals surface area contributed by atoms with Gasteiger partial charge in [0.05, 0.1) is 0 Å². The van der Waals surface area contributed by atoms with Gasteiger partial charge >= 0.3 is 0 Å². The van der Waals surface area contributed by atoms with Crippen LogP contribution in [-0.2, 0) is 0 Å². The molecule has 1 fully saturated rings. The van der Waals surface area contributed by atoms with Gasteiger partial charge in [-0.15, -0.1) is 0 Å². The average molecular weight is 182 g/mol. The highest BCUT2D eigenvalue weighted by Gasteiger charge is 2.41. The first kappa shape index (κ1) is 11.1. The lowest BCUT2D eigenvalue weighted by molar-refractivity contribution is 0.212. The lowest BCUT2D eigenvalue weighted by Crippen LogP contribution is -2.18. The van der Waals surface area contributed by atoms with E-state index < -0.39 is 0 Å². The van der Waals surface area contributed by atoms with E-state index in [0.717, 1.165) is 5.41 Å². The highest BCUT2D eigenvalue weighted by Crippen LogP contribution is 2.53. The minimum absolute atomic E-state index is 0.629. The molecular formula is C13H26. The maximum Gasteiger partial charge on any atom is -0.0292 e. The zero-order valence-corrected chi connectivity index (χ0v) is 9.95. The van der Waals surface area contributed by atoms with Gasteiger partial charge in [-0.3, -0.25) is 0 Å². The quantitative estimate of drug-likeness (QED) is 0.587. The summed E-state index contributed by atoms with van der Waals surface area (Å²) < 4.78 is 0. The highest BCUT2D eigenvalue weighted by molar-refractivity contribution is 4.92. The van der Waals surface area contributed by atoms with E-state index in [1.807, 2.05) is 0 Å². The van der Waals surface area contributed by atoms with Crippen LogP contribution in [0.2, 0.25) is 0 Å². The minimum atomic E-state index is 0.629. The Balaban J connectivity index is 2.59. The summed E-state index contributed by atoms with van der Waals surface area (Å²) in [5, 5.41) is 0. The normalized spacial score (nSPS) is 24.9. The summed E-state index contributed by atoms with van der Waals surface area (Å²) in [5.74, 6) is 0. The van der Waals surface area contributed by atoms with Gasteiger partial charge in [0.1, 0.15) is 0 Å². The van der Waals surface area contributed by atoms with Crippen LogP contribution in [0.25, 0.3) is 0 Å². The first-order chi connectivity index (χ1) is 6.04. The molecule has 1 aliphatic carbocycles. The summed E-state index contributed by atoms with van der Waals surface area (Å²) in [6.45, 7) is 9.56. The molecular weight excluding hydrogens is 156 g/mol. The molecule has 0 aromatic rings. The molecule has 0 spiro atoms. The van der Waals surface area contributed by atoms with E-state index in [4.69, 9.17) is 0 Å². The van der Waals surface area contributed by atoms with E-state index >= 15 is 0 Å². The van der Waals surface area contributed by atoms with Crippen LogP contribution in [0, 0.1) is 10.8 Å². The lowest BCUT2D eigenvalue weighted by Gasteiger charge is -2.30. The van der Waals surface area contributed by atoms with Gasteiger partial charge in [0.25, 0.3) is 0 Å². The van der Waals surface area contributed by atoms with E-state index in [1.165, 1.54) is 44.9 Å². The van der Waals surface area contributed by atoms with Crippen LogP contribution in [0.5, 0.6) is 0 Å². The number of rotatable bonds is 4. The predicted molar refractivity (Wildman–Crippen MR) is 59.9 cm³/mol. The van der Waals surface area contributed by atoms with Crippen LogP contribution in [0.4, 0.5) is 0 Å². The van der Waals surface area contributed by atoms with Crippen molar-refractivity contribution in [2.24, 2.45) is 10.8 Å². The maximum absolute atomic E-state index is 2.44. The summed E-state index contributed by atoms with van der Waals surface area (Å²) >= 11 is 0. The summed E-state index contributed by atoms with van der Waals surface area (Å²) in [7, 11) is 0. The summed E-state index contributed by atoms with van der Waals surface area (Å²) in [4.78, 5) is 0. The van der Waals surface area contributed by atoms with Gasteiger partial charge in [-0.05, 0) is 42.9 Å². The summed E-state index contributed by atoms with van der Waals surface area (Å²) in [6.07, 6.45) is 10.1. The fourth-order valence-corrected chi connectivity index (χ4v) is 3.41. The Kier molecular flexibility index (Phi) is 3.43. The molecule has 0 amide bonds. The van der Waals surface area contributed by atoms with E-state index in [0.29, 0.717) is 5.41 Å². The maximum atomic E-state index is 2.44. The summed E-state index contributed by atoms with van der Waals surface area (Å²) in [6, 6.07) is 0. The molecule has 1 aliphatic rings. The average Bonchev–Trinajstić information content (AvgIpc) is 2.28. The molecule has 0 aromatic heterocycles. The van der Waals surface area contributed by atoms with Gasteiger partial charge in [0, 0.05) is 0 Å². The van der Waals surface area contributed by atoms with Crippen molar-refractivity contribution >= 4 is 0 Å². The monoisotopic (exact) mass is 182 g/mol. The second-order valence-electron chi connectivity index (χ2n) is 5.84. The third-order valence-electron chi connectivity index (χ3n) is 3.75. The van der Waals surface area contributed by atoms with Crippen LogP contribution in [0.3, 0.4) is 0 Å². The molecule has 0 atom stereocenters. The molecule has 0 saturated heterocycles. The van der Waals surface area contributed by atoms with Crippen molar-refractivity contribution in [3.05, 3.63) is 0 Å². The smallest absolute Gasteiger partial charge is 0.0292 e. The Labute approximate surface area is 84.1 Å². The molecule has 0 nitrogen and oxygen atoms in total. The second-order valence-corrected chi connectivity index (χ2v) is 5.84. The zero-order chi connectivity index (χ0) is 9.95. The van der Waals surface area contributed by atoms with Gasteiger partial charge in [0.15, 0.2) is 0 Å².